The number of ether oxygens (including phenoxy) is 2. The predicted molar refractivity (Wildman–Crippen MR) is 144 cm³/mol. The zero-order chi connectivity index (χ0) is 28.0. The van der Waals surface area contributed by atoms with Crippen LogP contribution in [0.2, 0.25) is 0 Å². The van der Waals surface area contributed by atoms with E-state index in [0.29, 0.717) is 26.4 Å². The smallest absolute Gasteiger partial charge is 0.106 e. The summed E-state index contributed by atoms with van der Waals surface area (Å²) in [5.74, 6) is 0. The Morgan fingerprint density at radius 1 is 0.806 bits per heavy atom. The van der Waals surface area contributed by atoms with Crippen LogP contribution >= 0.6 is 0 Å². The van der Waals surface area contributed by atoms with Gasteiger partial charge in [-0.15, -0.1) is 0 Å². The first-order valence-electron chi connectivity index (χ1n) is 12.9. The predicted octanol–water partition coefficient (Wildman–Crippen LogP) is 2.55. The summed E-state index contributed by atoms with van der Waals surface area (Å²) in [6.07, 6.45) is 1.96. The van der Waals surface area contributed by atoms with Crippen molar-refractivity contribution in [2.24, 2.45) is 11.1 Å². The second-order valence-electron chi connectivity index (χ2n) is 11.5. The zero-order valence-electron chi connectivity index (χ0n) is 23.6. The number of nitrogens with two attached hydrogens (primary N) is 1. The highest BCUT2D eigenvalue weighted by Crippen LogP contribution is 2.40. The topological polar surface area (TPSA) is 146 Å². The van der Waals surface area contributed by atoms with Gasteiger partial charge in [-0.05, 0) is 39.5 Å². The van der Waals surface area contributed by atoms with Crippen LogP contribution in [-0.4, -0.2) is 78.4 Å². The van der Waals surface area contributed by atoms with Crippen LogP contribution in [0, 0.1) is 5.41 Å². The van der Waals surface area contributed by atoms with E-state index < -0.39 is 31.8 Å². The minimum atomic E-state index is -1.11. The van der Waals surface area contributed by atoms with Gasteiger partial charge < -0.3 is 40.7 Å². The van der Waals surface area contributed by atoms with Crippen LogP contribution in [0.25, 0.3) is 0 Å². The van der Waals surface area contributed by atoms with Crippen molar-refractivity contribution in [2.45, 2.75) is 84.8 Å². The van der Waals surface area contributed by atoms with Crippen LogP contribution in [0.3, 0.4) is 0 Å². The maximum absolute atomic E-state index is 9.12. The third-order valence-corrected chi connectivity index (χ3v) is 6.08. The third-order valence-electron chi connectivity index (χ3n) is 6.08. The van der Waals surface area contributed by atoms with Crippen molar-refractivity contribution in [2.75, 3.05) is 52.9 Å². The molecule has 0 aliphatic rings. The van der Waals surface area contributed by atoms with Gasteiger partial charge in [0, 0.05) is 13.2 Å². The number of benzene rings is 1. The largest absolute Gasteiger partial charge is 0.396 e. The highest BCUT2D eigenvalue weighted by Gasteiger charge is 2.31. The maximum Gasteiger partial charge on any atom is 0.106 e. The van der Waals surface area contributed by atoms with Crippen molar-refractivity contribution in [3.8, 4) is 0 Å². The van der Waals surface area contributed by atoms with Crippen LogP contribution in [-0.2, 0) is 26.8 Å². The molecule has 0 spiro atoms. The van der Waals surface area contributed by atoms with Crippen molar-refractivity contribution in [3.63, 3.8) is 0 Å². The molecule has 8 nitrogen and oxygen atoms in total. The fourth-order valence-electron chi connectivity index (χ4n) is 3.56. The van der Waals surface area contributed by atoms with Gasteiger partial charge in [-0.1, -0.05) is 67.0 Å². The Morgan fingerprint density at radius 2 is 1.28 bits per heavy atom. The number of rotatable bonds is 14. The third kappa shape index (κ3) is 11.1. The van der Waals surface area contributed by atoms with Crippen LogP contribution in [0.4, 0.5) is 0 Å². The fourth-order valence-corrected chi connectivity index (χ4v) is 3.56. The molecule has 0 radical (unpaired) electrons. The summed E-state index contributed by atoms with van der Waals surface area (Å²) in [7, 11) is 0. The highest BCUT2D eigenvalue weighted by atomic mass is 16.5. The molecule has 36 heavy (non-hydrogen) atoms. The molecule has 8 heteroatoms. The summed E-state index contributed by atoms with van der Waals surface area (Å²) < 4.78 is 12.0. The van der Waals surface area contributed by atoms with Crippen molar-refractivity contribution in [1.82, 2.24) is 0 Å². The molecule has 0 amide bonds. The Balaban J connectivity index is 0.00000115. The van der Waals surface area contributed by atoms with E-state index in [0.717, 1.165) is 18.4 Å². The number of hydrogen-bond donors (Lipinski definition) is 6. The zero-order valence-corrected chi connectivity index (χ0v) is 23.6. The SMILES string of the molecule is CCCCOC(COCCO)c1c(C(C)(C)C)cc(CN)cc1C(C)(C)C.OCC(CO)(CO)CO. The van der Waals surface area contributed by atoms with Gasteiger partial charge in [-0.3, -0.25) is 0 Å². The first-order valence-corrected chi connectivity index (χ1v) is 12.9. The molecule has 0 heterocycles. The average Bonchev–Trinajstić information content (AvgIpc) is 2.83. The Bertz CT molecular complexity index is 659. The molecule has 0 aliphatic heterocycles. The quantitative estimate of drug-likeness (QED) is 0.207. The number of aliphatic hydroxyl groups is 5. The average molecular weight is 516 g/mol. The van der Waals surface area contributed by atoms with Crippen LogP contribution in [0.1, 0.15) is 89.7 Å². The molecule has 0 aliphatic carbocycles. The Labute approximate surface area is 218 Å². The molecule has 0 saturated heterocycles. The van der Waals surface area contributed by atoms with Gasteiger partial charge in [0.05, 0.1) is 51.7 Å². The van der Waals surface area contributed by atoms with Gasteiger partial charge in [-0.25, -0.2) is 0 Å². The van der Waals surface area contributed by atoms with Crippen LogP contribution in [0.5, 0.6) is 0 Å². The van der Waals surface area contributed by atoms with Gasteiger partial charge in [0.25, 0.3) is 0 Å². The number of aliphatic hydroxyl groups excluding tert-OH is 5. The summed E-state index contributed by atoms with van der Waals surface area (Å²) in [6, 6.07) is 4.46. The summed E-state index contributed by atoms with van der Waals surface area (Å²) >= 11 is 0. The van der Waals surface area contributed by atoms with Crippen LogP contribution in [0.15, 0.2) is 12.1 Å². The second kappa shape index (κ2) is 16.7. The second-order valence-corrected chi connectivity index (χ2v) is 11.5. The van der Waals surface area contributed by atoms with Gasteiger partial charge in [0.2, 0.25) is 0 Å². The summed E-state index contributed by atoms with van der Waals surface area (Å²) in [5.41, 5.74) is 9.74. The lowest BCUT2D eigenvalue weighted by molar-refractivity contribution is -0.0328. The van der Waals surface area contributed by atoms with E-state index in [2.05, 4.69) is 60.6 Å². The lowest BCUT2D eigenvalue weighted by Gasteiger charge is -2.34. The summed E-state index contributed by atoms with van der Waals surface area (Å²) in [5, 5.41) is 43.1. The van der Waals surface area contributed by atoms with Crippen molar-refractivity contribution in [3.05, 3.63) is 34.4 Å². The van der Waals surface area contributed by atoms with Crippen molar-refractivity contribution < 1.29 is 35.0 Å². The van der Waals surface area contributed by atoms with E-state index in [1.165, 1.54) is 16.7 Å². The van der Waals surface area contributed by atoms with Gasteiger partial charge in [0.15, 0.2) is 0 Å². The molecule has 0 bridgehead atoms. The normalized spacial score (nSPS) is 13.4. The Morgan fingerprint density at radius 3 is 1.58 bits per heavy atom. The molecule has 1 atom stereocenters. The molecule has 0 aromatic heterocycles. The molecule has 7 N–H and O–H groups in total. The minimum Gasteiger partial charge on any atom is -0.396 e. The first kappa shape index (κ1) is 34.9. The monoisotopic (exact) mass is 515 g/mol. The number of hydrogen-bond acceptors (Lipinski definition) is 8. The molecule has 1 aromatic carbocycles. The van der Waals surface area contributed by atoms with Gasteiger partial charge >= 0.3 is 0 Å². The van der Waals surface area contributed by atoms with E-state index >= 15 is 0 Å². The lowest BCUT2D eigenvalue weighted by Crippen LogP contribution is -2.37. The van der Waals surface area contributed by atoms with Gasteiger partial charge in [0.1, 0.15) is 6.10 Å². The van der Waals surface area contributed by atoms with Crippen molar-refractivity contribution >= 4 is 0 Å². The molecular weight excluding hydrogens is 462 g/mol. The molecular formula is C28H53NO7. The summed E-state index contributed by atoms with van der Waals surface area (Å²) in [6.45, 7) is 15.9. The fraction of sp³-hybridized carbons (Fsp3) is 0.786. The minimum absolute atomic E-state index is 0.0199. The molecule has 0 fully saturated rings. The van der Waals surface area contributed by atoms with Crippen LogP contribution < -0.4 is 5.73 Å². The van der Waals surface area contributed by atoms with Crippen molar-refractivity contribution in [1.29, 1.82) is 0 Å². The lowest BCUT2D eigenvalue weighted by atomic mass is 9.73. The van der Waals surface area contributed by atoms with E-state index in [-0.39, 0.29) is 23.5 Å². The van der Waals surface area contributed by atoms with E-state index in [4.69, 9.17) is 40.7 Å². The maximum atomic E-state index is 9.12. The highest BCUT2D eigenvalue weighted by molar-refractivity contribution is 5.47. The summed E-state index contributed by atoms with van der Waals surface area (Å²) in [4.78, 5) is 0. The number of unbranched alkanes of at least 4 members (excludes halogenated alkanes) is 1. The van der Waals surface area contributed by atoms with Gasteiger partial charge in [-0.2, -0.15) is 0 Å². The Hall–Kier alpha value is -1.10. The standard InChI is InChI=1S/C23H41NO3.C5H12O4/c1-8-9-11-27-20(16-26-12-10-25)21-18(22(2,3)4)13-17(15-24)14-19(21)23(5,6)7;6-1-5(2-7,3-8)4-9/h13-14,20,25H,8-12,15-16,24H2,1-7H3;6-9H,1-4H2. The van der Waals surface area contributed by atoms with E-state index in [1.807, 2.05) is 0 Å². The molecule has 1 aromatic rings. The molecule has 1 rings (SSSR count). The first-order chi connectivity index (χ1) is 16.8. The van der Waals surface area contributed by atoms with E-state index in [1.54, 1.807) is 0 Å². The molecule has 1 unspecified atom stereocenters. The Kier molecular flexibility index (Phi) is 16.2. The van der Waals surface area contributed by atoms with E-state index in [9.17, 15) is 0 Å². The molecule has 0 saturated carbocycles. The molecule has 212 valence electrons.